The van der Waals surface area contributed by atoms with E-state index >= 15 is 0 Å². The largest absolute Gasteiger partial charge is 0.416 e. The topological polar surface area (TPSA) is 43.1 Å². The molecule has 0 aliphatic rings. The third kappa shape index (κ3) is 3.12. The average Bonchev–Trinajstić information content (AvgIpc) is 2.15. The van der Waals surface area contributed by atoms with Gasteiger partial charge in [0.1, 0.15) is 0 Å². The summed E-state index contributed by atoms with van der Waals surface area (Å²) in [7, 11) is 0. The Morgan fingerprint density at radius 1 is 1.38 bits per heavy atom. The summed E-state index contributed by atoms with van der Waals surface area (Å²) in [6, 6.07) is 4.73. The quantitative estimate of drug-likeness (QED) is 0.778. The van der Waals surface area contributed by atoms with Gasteiger partial charge in [0.25, 0.3) is 0 Å². The molecule has 2 nitrogen and oxygen atoms in total. The van der Waals surface area contributed by atoms with Crippen LogP contribution in [-0.4, -0.2) is 5.91 Å². The van der Waals surface area contributed by atoms with E-state index in [9.17, 15) is 18.0 Å². The van der Waals surface area contributed by atoms with Gasteiger partial charge in [0, 0.05) is 6.08 Å². The van der Waals surface area contributed by atoms with Gasteiger partial charge >= 0.3 is 6.18 Å². The highest BCUT2D eigenvalue weighted by molar-refractivity contribution is 5.93. The van der Waals surface area contributed by atoms with Crippen molar-refractivity contribution in [2.24, 2.45) is 5.73 Å². The molecule has 0 saturated carbocycles. The predicted molar refractivity (Wildman–Crippen MR) is 54.3 cm³/mol. The molecule has 0 aromatic heterocycles. The normalized spacial score (nSPS) is 12.6. The number of carbonyl (C=O) groups is 1. The van der Waals surface area contributed by atoms with Gasteiger partial charge in [-0.1, -0.05) is 12.1 Å². The van der Waals surface area contributed by atoms with Crippen molar-refractivity contribution in [2.45, 2.75) is 13.1 Å². The minimum absolute atomic E-state index is 0.327. The molecule has 0 bridgehead atoms. The minimum Gasteiger partial charge on any atom is -0.366 e. The zero-order chi connectivity index (χ0) is 12.3. The number of hydrogen-bond donors (Lipinski definition) is 1. The average molecular weight is 229 g/mol. The second kappa shape index (κ2) is 4.38. The number of rotatable bonds is 2. The molecule has 2 N–H and O–H groups in total. The van der Waals surface area contributed by atoms with E-state index < -0.39 is 17.6 Å². The Kier molecular flexibility index (Phi) is 3.37. The van der Waals surface area contributed by atoms with Crippen LogP contribution in [0.2, 0.25) is 0 Å². The molecule has 0 unspecified atom stereocenters. The number of hydrogen-bond acceptors (Lipinski definition) is 1. The Hall–Kier alpha value is -1.78. The maximum absolute atomic E-state index is 12.4. The molecule has 0 radical (unpaired) electrons. The van der Waals surface area contributed by atoms with E-state index in [-0.39, 0.29) is 0 Å². The molecule has 1 aromatic rings. The van der Waals surface area contributed by atoms with Crippen molar-refractivity contribution in [3.05, 3.63) is 41.5 Å². The summed E-state index contributed by atoms with van der Waals surface area (Å²) in [5.74, 6) is -0.685. The van der Waals surface area contributed by atoms with Crippen LogP contribution < -0.4 is 5.73 Å². The Morgan fingerprint density at radius 2 is 2.00 bits per heavy atom. The van der Waals surface area contributed by atoms with Crippen LogP contribution in [0.3, 0.4) is 0 Å². The molecule has 0 atom stereocenters. The molecule has 0 heterocycles. The van der Waals surface area contributed by atoms with Crippen LogP contribution in [0, 0.1) is 0 Å². The molecule has 1 aromatic carbocycles. The summed E-state index contributed by atoms with van der Waals surface area (Å²) in [5.41, 5.74) is 4.90. The van der Waals surface area contributed by atoms with Crippen molar-refractivity contribution in [1.82, 2.24) is 0 Å². The lowest BCUT2D eigenvalue weighted by molar-refractivity contribution is -0.137. The van der Waals surface area contributed by atoms with Gasteiger partial charge in [0.15, 0.2) is 0 Å². The fourth-order valence-electron chi connectivity index (χ4n) is 1.24. The SMILES string of the molecule is CC(=CC(N)=O)c1cccc(C(F)(F)F)c1. The summed E-state index contributed by atoms with van der Waals surface area (Å²) in [6.45, 7) is 1.53. The Labute approximate surface area is 90.6 Å². The Bertz CT molecular complexity index is 435. The van der Waals surface area contributed by atoms with Gasteiger partial charge in [0.2, 0.25) is 5.91 Å². The number of carbonyl (C=O) groups excluding carboxylic acids is 1. The van der Waals surface area contributed by atoms with E-state index in [1.165, 1.54) is 19.1 Å². The number of benzene rings is 1. The first-order chi connectivity index (χ1) is 7.30. The van der Waals surface area contributed by atoms with Crippen LogP contribution in [0.5, 0.6) is 0 Å². The van der Waals surface area contributed by atoms with E-state index in [0.29, 0.717) is 11.1 Å². The van der Waals surface area contributed by atoms with Crippen molar-refractivity contribution >= 4 is 11.5 Å². The van der Waals surface area contributed by atoms with Gasteiger partial charge < -0.3 is 5.73 Å². The van der Waals surface area contributed by atoms with E-state index in [2.05, 4.69) is 0 Å². The molecule has 1 amide bonds. The lowest BCUT2D eigenvalue weighted by atomic mass is 10.0. The summed E-state index contributed by atoms with van der Waals surface area (Å²) in [6.07, 6.45) is -3.29. The second-order valence-corrected chi connectivity index (χ2v) is 3.31. The molecule has 0 spiro atoms. The smallest absolute Gasteiger partial charge is 0.366 e. The highest BCUT2D eigenvalue weighted by Crippen LogP contribution is 2.30. The lowest BCUT2D eigenvalue weighted by Gasteiger charge is -2.08. The monoisotopic (exact) mass is 229 g/mol. The summed E-state index contributed by atoms with van der Waals surface area (Å²) >= 11 is 0. The molecular weight excluding hydrogens is 219 g/mol. The summed E-state index contributed by atoms with van der Waals surface area (Å²) in [4.78, 5) is 10.6. The van der Waals surface area contributed by atoms with Gasteiger partial charge in [0.05, 0.1) is 5.56 Å². The van der Waals surface area contributed by atoms with E-state index in [4.69, 9.17) is 5.73 Å². The van der Waals surface area contributed by atoms with Crippen molar-refractivity contribution in [1.29, 1.82) is 0 Å². The fourth-order valence-corrected chi connectivity index (χ4v) is 1.24. The van der Waals surface area contributed by atoms with Crippen molar-refractivity contribution < 1.29 is 18.0 Å². The zero-order valence-corrected chi connectivity index (χ0v) is 8.51. The molecule has 86 valence electrons. The number of alkyl halides is 3. The molecule has 16 heavy (non-hydrogen) atoms. The summed E-state index contributed by atoms with van der Waals surface area (Å²) in [5, 5.41) is 0. The number of halogens is 3. The predicted octanol–water partition coefficient (Wildman–Crippen LogP) is 2.59. The Morgan fingerprint density at radius 3 is 2.50 bits per heavy atom. The van der Waals surface area contributed by atoms with Gasteiger partial charge in [-0.05, 0) is 30.2 Å². The van der Waals surface area contributed by atoms with Crippen LogP contribution in [0.15, 0.2) is 30.3 Å². The van der Waals surface area contributed by atoms with Crippen LogP contribution in [0.25, 0.3) is 5.57 Å². The maximum atomic E-state index is 12.4. The van der Waals surface area contributed by atoms with E-state index in [1.54, 1.807) is 0 Å². The summed E-state index contributed by atoms with van der Waals surface area (Å²) < 4.78 is 37.1. The highest BCUT2D eigenvalue weighted by Gasteiger charge is 2.30. The first kappa shape index (κ1) is 12.3. The zero-order valence-electron chi connectivity index (χ0n) is 8.51. The van der Waals surface area contributed by atoms with E-state index in [0.717, 1.165) is 18.2 Å². The minimum atomic E-state index is -4.39. The molecule has 0 aliphatic heterocycles. The van der Waals surface area contributed by atoms with Crippen LogP contribution in [0.4, 0.5) is 13.2 Å². The second-order valence-electron chi connectivity index (χ2n) is 3.31. The number of nitrogens with two attached hydrogens (primary N) is 1. The highest BCUT2D eigenvalue weighted by atomic mass is 19.4. The van der Waals surface area contributed by atoms with Gasteiger partial charge in [-0.15, -0.1) is 0 Å². The molecular formula is C11H10F3NO. The van der Waals surface area contributed by atoms with Gasteiger partial charge in [-0.25, -0.2) is 0 Å². The molecule has 0 aliphatic carbocycles. The van der Waals surface area contributed by atoms with Gasteiger partial charge in [-0.3, -0.25) is 4.79 Å². The molecule has 1 rings (SSSR count). The molecule has 0 saturated heterocycles. The van der Waals surface area contributed by atoms with Crippen LogP contribution in [-0.2, 0) is 11.0 Å². The van der Waals surface area contributed by atoms with Crippen LogP contribution >= 0.6 is 0 Å². The van der Waals surface area contributed by atoms with Crippen molar-refractivity contribution in [3.63, 3.8) is 0 Å². The fraction of sp³-hybridized carbons (Fsp3) is 0.182. The number of amides is 1. The standard InChI is InChI=1S/C11H10F3NO/c1-7(5-10(15)16)8-3-2-4-9(6-8)11(12,13)14/h2-6H,1H3,(H2,15,16). The van der Waals surface area contributed by atoms with Crippen molar-refractivity contribution in [3.8, 4) is 0 Å². The third-order valence-electron chi connectivity index (χ3n) is 2.00. The molecule has 5 heteroatoms. The maximum Gasteiger partial charge on any atom is 0.416 e. The van der Waals surface area contributed by atoms with Gasteiger partial charge in [-0.2, -0.15) is 13.2 Å². The first-order valence-electron chi connectivity index (χ1n) is 4.46. The van der Waals surface area contributed by atoms with Crippen LogP contribution in [0.1, 0.15) is 18.1 Å². The lowest BCUT2D eigenvalue weighted by Crippen LogP contribution is -2.07. The Balaban J connectivity index is 3.13. The molecule has 0 fully saturated rings. The number of primary amides is 1. The number of allylic oxidation sites excluding steroid dienone is 1. The first-order valence-corrected chi connectivity index (χ1v) is 4.46. The third-order valence-corrected chi connectivity index (χ3v) is 2.00. The van der Waals surface area contributed by atoms with E-state index in [1.807, 2.05) is 0 Å². The van der Waals surface area contributed by atoms with Crippen molar-refractivity contribution in [2.75, 3.05) is 0 Å².